The van der Waals surface area contributed by atoms with Crippen molar-refractivity contribution in [3.63, 3.8) is 0 Å². The first-order valence-electron chi connectivity index (χ1n) is 6.89. The van der Waals surface area contributed by atoms with Gasteiger partial charge in [0.05, 0.1) is 0 Å². The van der Waals surface area contributed by atoms with E-state index in [2.05, 4.69) is 67.4 Å². The minimum Gasteiger partial charge on any atom is -0.124 e. The maximum Gasteiger partial charge on any atom is -0.0302 e. The van der Waals surface area contributed by atoms with Crippen molar-refractivity contribution in [3.05, 3.63) is 33.9 Å². The predicted octanol–water partition coefficient (Wildman–Crippen LogP) is 5.54. The number of terminal acetylenes is 1. The highest BCUT2D eigenvalue weighted by Gasteiger charge is 2.05. The van der Waals surface area contributed by atoms with Gasteiger partial charge in [-0.2, -0.15) is 0 Å². The average molecular weight is 246 g/mol. The van der Waals surface area contributed by atoms with Gasteiger partial charge in [0.15, 0.2) is 0 Å². The normalized spacial score (nSPS) is 8.72. The Morgan fingerprint density at radius 3 is 1.33 bits per heavy atom. The van der Waals surface area contributed by atoms with Crippen LogP contribution in [-0.2, 0) is 6.42 Å². The lowest BCUT2D eigenvalue weighted by atomic mass is 9.93. The van der Waals surface area contributed by atoms with E-state index < -0.39 is 0 Å². The number of unbranched alkanes of at least 4 members (excludes halogenated alkanes) is 1. The Morgan fingerprint density at radius 2 is 1.11 bits per heavy atom. The zero-order valence-corrected chi connectivity index (χ0v) is 13.4. The molecule has 0 radical (unpaired) electrons. The van der Waals surface area contributed by atoms with Crippen LogP contribution in [0.2, 0.25) is 0 Å². The standard InChI is InChI=1S/C12H18.C4H10.C2H2/c1-6-12-10(4)8(2)7-9(3)11(12)5;1-3-4-2;1-2/h7H,6H2,1-5H3;3-4H2,1-2H3;1-2H. The molecule has 0 aliphatic heterocycles. The zero-order chi connectivity index (χ0) is 14.7. The molecule has 0 spiro atoms. The van der Waals surface area contributed by atoms with E-state index in [-0.39, 0.29) is 0 Å². The third kappa shape index (κ3) is 5.92. The van der Waals surface area contributed by atoms with E-state index >= 15 is 0 Å². The largest absolute Gasteiger partial charge is 0.124 e. The predicted molar refractivity (Wildman–Crippen MR) is 85.2 cm³/mol. The summed E-state index contributed by atoms with van der Waals surface area (Å²) in [5.74, 6) is 0. The minimum atomic E-state index is 1.15. The fourth-order valence-corrected chi connectivity index (χ4v) is 1.83. The van der Waals surface area contributed by atoms with Crippen LogP contribution in [0.15, 0.2) is 6.07 Å². The van der Waals surface area contributed by atoms with E-state index in [1.54, 1.807) is 0 Å². The van der Waals surface area contributed by atoms with E-state index in [0.29, 0.717) is 0 Å². The van der Waals surface area contributed by atoms with Crippen molar-refractivity contribution >= 4 is 0 Å². The van der Waals surface area contributed by atoms with E-state index in [9.17, 15) is 0 Å². The van der Waals surface area contributed by atoms with Gasteiger partial charge in [0.1, 0.15) is 0 Å². The summed E-state index contributed by atoms with van der Waals surface area (Å²) < 4.78 is 0. The number of hydrogen-bond donors (Lipinski definition) is 0. The molecule has 0 amide bonds. The van der Waals surface area contributed by atoms with Crippen LogP contribution in [-0.4, -0.2) is 0 Å². The lowest BCUT2D eigenvalue weighted by Gasteiger charge is -2.13. The molecular weight excluding hydrogens is 216 g/mol. The van der Waals surface area contributed by atoms with Gasteiger partial charge in [-0.25, -0.2) is 0 Å². The SMILES string of the molecule is C#C.CCCC.CCc1c(C)c(C)cc(C)c1C. The smallest absolute Gasteiger partial charge is 0.0302 e. The number of hydrogen-bond acceptors (Lipinski definition) is 0. The van der Waals surface area contributed by atoms with Gasteiger partial charge in [-0.05, 0) is 61.9 Å². The van der Waals surface area contributed by atoms with Crippen LogP contribution in [0.1, 0.15) is 61.4 Å². The van der Waals surface area contributed by atoms with Crippen molar-refractivity contribution in [1.29, 1.82) is 0 Å². The molecule has 0 bridgehead atoms. The molecule has 1 rings (SSSR count). The van der Waals surface area contributed by atoms with Crippen molar-refractivity contribution in [2.45, 2.75) is 67.7 Å². The first kappa shape index (κ1) is 19.1. The molecule has 0 heterocycles. The molecule has 0 aliphatic rings. The van der Waals surface area contributed by atoms with Crippen LogP contribution in [0, 0.1) is 40.5 Å². The Labute approximate surface area is 115 Å². The summed E-state index contributed by atoms with van der Waals surface area (Å²) >= 11 is 0. The van der Waals surface area contributed by atoms with Gasteiger partial charge in [0, 0.05) is 0 Å². The maximum atomic E-state index is 4.00. The molecule has 1 aromatic carbocycles. The zero-order valence-electron chi connectivity index (χ0n) is 13.4. The first-order valence-corrected chi connectivity index (χ1v) is 6.89. The molecule has 1 aromatic rings. The van der Waals surface area contributed by atoms with Gasteiger partial charge in [0.25, 0.3) is 0 Å². The fourth-order valence-electron chi connectivity index (χ4n) is 1.83. The third-order valence-corrected chi connectivity index (χ3v) is 3.37. The van der Waals surface area contributed by atoms with Gasteiger partial charge >= 0.3 is 0 Å². The first-order chi connectivity index (χ1) is 8.49. The maximum absolute atomic E-state index is 4.00. The Kier molecular flexibility index (Phi) is 11.6. The molecule has 18 heavy (non-hydrogen) atoms. The average Bonchev–Trinajstić information content (AvgIpc) is 2.40. The van der Waals surface area contributed by atoms with Gasteiger partial charge in [0.2, 0.25) is 0 Å². The van der Waals surface area contributed by atoms with Crippen LogP contribution in [0.4, 0.5) is 0 Å². The lowest BCUT2D eigenvalue weighted by Crippen LogP contribution is -1.97. The second kappa shape index (κ2) is 10.9. The Balaban J connectivity index is 0. The van der Waals surface area contributed by atoms with Crippen molar-refractivity contribution in [2.24, 2.45) is 0 Å². The summed E-state index contributed by atoms with van der Waals surface area (Å²) in [6, 6.07) is 2.28. The number of aryl methyl sites for hydroxylation is 2. The third-order valence-electron chi connectivity index (χ3n) is 3.37. The second-order valence-electron chi connectivity index (χ2n) is 4.59. The molecule has 0 aromatic heterocycles. The Bertz CT molecular complexity index is 328. The quantitative estimate of drug-likeness (QED) is 0.601. The van der Waals surface area contributed by atoms with Crippen molar-refractivity contribution in [1.82, 2.24) is 0 Å². The topological polar surface area (TPSA) is 0 Å². The highest BCUT2D eigenvalue weighted by atomic mass is 14.1. The van der Waals surface area contributed by atoms with Gasteiger partial charge in [-0.15, -0.1) is 12.8 Å². The molecule has 0 aliphatic carbocycles. The minimum absolute atomic E-state index is 1.15. The molecule has 0 heteroatoms. The molecule has 0 saturated heterocycles. The van der Waals surface area contributed by atoms with Gasteiger partial charge < -0.3 is 0 Å². The second-order valence-corrected chi connectivity index (χ2v) is 4.59. The summed E-state index contributed by atoms with van der Waals surface area (Å²) in [4.78, 5) is 0. The summed E-state index contributed by atoms with van der Waals surface area (Å²) in [5, 5.41) is 0. The summed E-state index contributed by atoms with van der Waals surface area (Å²) in [6.07, 6.45) is 11.8. The Morgan fingerprint density at radius 1 is 0.778 bits per heavy atom. The molecular formula is C18H30. The van der Waals surface area contributed by atoms with Crippen LogP contribution in [0.3, 0.4) is 0 Å². The van der Waals surface area contributed by atoms with E-state index in [1.165, 1.54) is 40.7 Å². The molecule has 102 valence electrons. The summed E-state index contributed by atoms with van der Waals surface area (Å²) in [6.45, 7) is 15.4. The molecule has 0 unspecified atom stereocenters. The number of benzene rings is 1. The lowest BCUT2D eigenvalue weighted by molar-refractivity contribution is 0.886. The van der Waals surface area contributed by atoms with Gasteiger partial charge in [-0.3, -0.25) is 0 Å². The van der Waals surface area contributed by atoms with Gasteiger partial charge in [-0.1, -0.05) is 39.7 Å². The van der Waals surface area contributed by atoms with Crippen LogP contribution in [0.25, 0.3) is 0 Å². The highest BCUT2D eigenvalue weighted by Crippen LogP contribution is 2.21. The van der Waals surface area contributed by atoms with E-state index in [1.807, 2.05) is 0 Å². The van der Waals surface area contributed by atoms with Crippen molar-refractivity contribution in [2.75, 3.05) is 0 Å². The van der Waals surface area contributed by atoms with Crippen molar-refractivity contribution < 1.29 is 0 Å². The molecule has 0 nitrogen and oxygen atoms in total. The molecule has 0 fully saturated rings. The van der Waals surface area contributed by atoms with E-state index in [4.69, 9.17) is 0 Å². The van der Waals surface area contributed by atoms with E-state index in [0.717, 1.165) is 6.42 Å². The van der Waals surface area contributed by atoms with Crippen LogP contribution in [0.5, 0.6) is 0 Å². The summed E-state index contributed by atoms with van der Waals surface area (Å²) in [7, 11) is 0. The molecule has 0 N–H and O–H groups in total. The fraction of sp³-hybridized carbons (Fsp3) is 0.556. The molecule has 0 atom stereocenters. The molecule has 0 saturated carbocycles. The van der Waals surface area contributed by atoms with Crippen molar-refractivity contribution in [3.8, 4) is 12.8 Å². The highest BCUT2D eigenvalue weighted by molar-refractivity contribution is 5.43. The van der Waals surface area contributed by atoms with Crippen LogP contribution < -0.4 is 0 Å². The monoisotopic (exact) mass is 246 g/mol. The summed E-state index contributed by atoms with van der Waals surface area (Å²) in [5.41, 5.74) is 7.33. The van der Waals surface area contributed by atoms with Crippen LogP contribution >= 0.6 is 0 Å². The number of rotatable bonds is 2. The Hall–Kier alpha value is -1.22.